The van der Waals surface area contributed by atoms with Gasteiger partial charge in [0.1, 0.15) is 0 Å². The highest BCUT2D eigenvalue weighted by Gasteiger charge is 2.18. The second-order valence-electron chi connectivity index (χ2n) is 14.9. The summed E-state index contributed by atoms with van der Waals surface area (Å²) < 4.78 is 2.61. The van der Waals surface area contributed by atoms with Crippen LogP contribution in [0, 0.1) is 0 Å². The molecule has 2 heteroatoms. The van der Waals surface area contributed by atoms with E-state index >= 15 is 0 Å². The maximum atomic E-state index is 3.54. The Labute approximate surface area is 373 Å². The SMILES string of the molecule is CC.CC.CNC(/C=C(/c1ccccc1)c1ccc(-c2ccc3sc4ccccc4c3c2-c2ccc(/C(=C/C(C)c3ccccc3)c3ccccc3)cc2)cc1)c1ccccc1. The van der Waals surface area contributed by atoms with E-state index in [0.717, 1.165) is 0 Å². The van der Waals surface area contributed by atoms with Gasteiger partial charge in [0, 0.05) is 20.2 Å². The Morgan fingerprint density at radius 1 is 0.435 bits per heavy atom. The first kappa shape index (κ1) is 43.5. The Balaban J connectivity index is 0.00000141. The number of hydrogen-bond donors (Lipinski definition) is 1. The molecule has 2 atom stereocenters. The van der Waals surface area contributed by atoms with Crippen molar-refractivity contribution in [2.24, 2.45) is 0 Å². The van der Waals surface area contributed by atoms with Crippen molar-refractivity contribution < 1.29 is 0 Å². The number of rotatable bonds is 11. The van der Waals surface area contributed by atoms with Crippen LogP contribution in [0.1, 0.15) is 80.0 Å². The first-order valence-electron chi connectivity index (χ1n) is 22.1. The van der Waals surface area contributed by atoms with E-state index in [1.165, 1.54) is 87.0 Å². The zero-order valence-electron chi connectivity index (χ0n) is 36.8. The summed E-state index contributed by atoms with van der Waals surface area (Å²) in [5, 5.41) is 6.15. The molecule has 0 aliphatic carbocycles. The summed E-state index contributed by atoms with van der Waals surface area (Å²) in [5.74, 6) is 0.260. The van der Waals surface area contributed by atoms with Crippen LogP contribution in [-0.2, 0) is 0 Å². The maximum Gasteiger partial charge on any atom is 0.0513 e. The molecule has 1 heterocycles. The lowest BCUT2D eigenvalue weighted by molar-refractivity contribution is 0.716. The molecule has 0 saturated heterocycles. The molecule has 1 nitrogen and oxygen atoms in total. The first-order chi connectivity index (χ1) is 30.6. The van der Waals surface area contributed by atoms with Crippen LogP contribution in [0.5, 0.6) is 0 Å². The number of nitrogens with one attached hydrogen (secondary N) is 1. The molecule has 308 valence electrons. The smallest absolute Gasteiger partial charge is 0.0513 e. The summed E-state index contributed by atoms with van der Waals surface area (Å²) in [6.07, 6.45) is 4.77. The molecule has 62 heavy (non-hydrogen) atoms. The minimum Gasteiger partial charge on any atom is -0.310 e. The maximum absolute atomic E-state index is 3.54. The van der Waals surface area contributed by atoms with Crippen LogP contribution in [0.25, 0.3) is 53.6 Å². The van der Waals surface area contributed by atoms with E-state index in [9.17, 15) is 0 Å². The molecule has 0 aliphatic heterocycles. The topological polar surface area (TPSA) is 12.0 Å². The zero-order valence-corrected chi connectivity index (χ0v) is 37.7. The van der Waals surface area contributed by atoms with Gasteiger partial charge in [0.05, 0.1) is 6.04 Å². The predicted octanol–water partition coefficient (Wildman–Crippen LogP) is 17.1. The fourth-order valence-electron chi connectivity index (χ4n) is 8.23. The summed E-state index contributed by atoms with van der Waals surface area (Å²) in [7, 11) is 2.03. The van der Waals surface area contributed by atoms with Gasteiger partial charge in [-0.3, -0.25) is 0 Å². The second kappa shape index (κ2) is 21.3. The van der Waals surface area contributed by atoms with Crippen LogP contribution in [0.2, 0.25) is 0 Å². The molecular weight excluding hydrogens is 767 g/mol. The Hall–Kier alpha value is -6.58. The fourth-order valence-corrected chi connectivity index (χ4v) is 9.35. The van der Waals surface area contributed by atoms with Crippen LogP contribution in [0.4, 0.5) is 0 Å². The molecule has 0 spiro atoms. The molecule has 2 unspecified atom stereocenters. The van der Waals surface area contributed by atoms with Gasteiger partial charge >= 0.3 is 0 Å². The molecule has 0 radical (unpaired) electrons. The minimum atomic E-state index is 0.0683. The number of likely N-dealkylation sites (N-methyl/N-ethyl adjacent to an activating group) is 1. The van der Waals surface area contributed by atoms with Gasteiger partial charge in [0.15, 0.2) is 0 Å². The van der Waals surface area contributed by atoms with E-state index < -0.39 is 0 Å². The van der Waals surface area contributed by atoms with Gasteiger partial charge in [-0.2, -0.15) is 0 Å². The molecule has 1 aromatic heterocycles. The highest BCUT2D eigenvalue weighted by atomic mass is 32.1. The molecule has 8 aromatic carbocycles. The Bertz CT molecular complexity index is 2840. The van der Waals surface area contributed by atoms with E-state index in [-0.39, 0.29) is 12.0 Å². The van der Waals surface area contributed by atoms with Crippen molar-refractivity contribution in [2.75, 3.05) is 7.05 Å². The van der Waals surface area contributed by atoms with Crippen LogP contribution in [0.15, 0.2) is 218 Å². The Kier molecular flexibility index (Phi) is 14.9. The number of fused-ring (bicyclic) bond motifs is 3. The highest BCUT2D eigenvalue weighted by molar-refractivity contribution is 7.26. The summed E-state index contributed by atoms with van der Waals surface area (Å²) in [6, 6.07) is 75.0. The molecule has 9 aromatic rings. The predicted molar refractivity (Wildman–Crippen MR) is 273 cm³/mol. The highest BCUT2D eigenvalue weighted by Crippen LogP contribution is 2.45. The van der Waals surface area contributed by atoms with Crippen molar-refractivity contribution in [1.82, 2.24) is 5.32 Å². The van der Waals surface area contributed by atoms with Crippen molar-refractivity contribution >= 4 is 42.7 Å². The van der Waals surface area contributed by atoms with E-state index in [1.807, 2.05) is 46.1 Å². The Morgan fingerprint density at radius 2 is 0.887 bits per heavy atom. The van der Waals surface area contributed by atoms with Crippen LogP contribution < -0.4 is 5.32 Å². The third-order valence-electron chi connectivity index (χ3n) is 11.2. The van der Waals surface area contributed by atoms with Crippen molar-refractivity contribution in [3.8, 4) is 22.3 Å². The minimum absolute atomic E-state index is 0.0683. The molecule has 9 rings (SSSR count). The second-order valence-corrected chi connectivity index (χ2v) is 16.0. The average Bonchev–Trinajstić information content (AvgIpc) is 3.75. The monoisotopic (exact) mass is 823 g/mol. The van der Waals surface area contributed by atoms with Crippen LogP contribution >= 0.6 is 11.3 Å². The number of allylic oxidation sites excluding steroid dienone is 1. The standard InChI is InChI=1S/C56H45NS.2C2H6/c1-39(40-17-7-3-8-18-40)37-50(41-19-9-4-10-20-41)44-31-33-47(34-32-44)55-48(35-36-54-56(55)49-25-15-16-26-53(49)58-54)43-27-29-45(30-28-43)51(42-21-11-5-12-22-42)38-52(57-2)46-23-13-6-14-24-46;2*1-2/h3-39,52,57H,1-2H3;2*1-2H3/b50-37+,51-38-;;. The molecule has 1 N–H and O–H groups in total. The van der Waals surface area contributed by atoms with Gasteiger partial charge in [-0.05, 0) is 91.9 Å². The zero-order chi connectivity index (χ0) is 43.3. The molecule has 0 bridgehead atoms. The number of benzene rings is 8. The van der Waals surface area contributed by atoms with Crippen molar-refractivity contribution in [3.63, 3.8) is 0 Å². The van der Waals surface area contributed by atoms with E-state index in [1.54, 1.807) is 0 Å². The third kappa shape index (κ3) is 9.64. The van der Waals surface area contributed by atoms with Crippen LogP contribution in [0.3, 0.4) is 0 Å². The lowest BCUT2D eigenvalue weighted by Crippen LogP contribution is -2.14. The van der Waals surface area contributed by atoms with Gasteiger partial charge in [-0.15, -0.1) is 11.3 Å². The molecule has 0 aliphatic rings. The summed E-state index contributed by atoms with van der Waals surface area (Å²) >= 11 is 1.87. The average molecular weight is 824 g/mol. The van der Waals surface area contributed by atoms with Gasteiger partial charge in [-0.1, -0.05) is 241 Å². The quantitative estimate of drug-likeness (QED) is 0.137. The van der Waals surface area contributed by atoms with Gasteiger partial charge < -0.3 is 5.32 Å². The van der Waals surface area contributed by atoms with E-state index in [2.05, 4.69) is 231 Å². The lowest BCUT2D eigenvalue weighted by Gasteiger charge is -2.18. The largest absolute Gasteiger partial charge is 0.310 e. The fraction of sp³-hybridized carbons (Fsp3) is 0.133. The van der Waals surface area contributed by atoms with Gasteiger partial charge in [-0.25, -0.2) is 0 Å². The third-order valence-corrected chi connectivity index (χ3v) is 12.4. The number of thiophene rings is 1. The van der Waals surface area contributed by atoms with Crippen molar-refractivity contribution in [1.29, 1.82) is 0 Å². The van der Waals surface area contributed by atoms with E-state index in [0.29, 0.717) is 0 Å². The van der Waals surface area contributed by atoms with Crippen molar-refractivity contribution in [3.05, 3.63) is 252 Å². The Morgan fingerprint density at radius 3 is 1.44 bits per heavy atom. The summed E-state index contributed by atoms with van der Waals surface area (Å²) in [4.78, 5) is 0. The van der Waals surface area contributed by atoms with Gasteiger partial charge in [0.2, 0.25) is 0 Å². The van der Waals surface area contributed by atoms with E-state index in [4.69, 9.17) is 0 Å². The van der Waals surface area contributed by atoms with Crippen molar-refractivity contribution in [2.45, 2.75) is 46.6 Å². The normalized spacial score (nSPS) is 12.5. The summed E-state index contributed by atoms with van der Waals surface area (Å²) in [5.41, 5.74) is 14.7. The number of hydrogen-bond acceptors (Lipinski definition) is 2. The van der Waals surface area contributed by atoms with Gasteiger partial charge in [0.25, 0.3) is 0 Å². The summed E-state index contributed by atoms with van der Waals surface area (Å²) in [6.45, 7) is 10.3. The lowest BCUT2D eigenvalue weighted by atomic mass is 9.87. The van der Waals surface area contributed by atoms with Crippen LogP contribution in [-0.4, -0.2) is 7.05 Å². The molecule has 0 saturated carbocycles. The molecular formula is C60H57NS. The first-order valence-corrected chi connectivity index (χ1v) is 22.9. The molecule has 0 amide bonds. The molecule has 0 fully saturated rings.